The molecule has 110 valence electrons. The Hall–Kier alpha value is -0.620. The zero-order valence-corrected chi connectivity index (χ0v) is 13.4. The molecule has 1 saturated heterocycles. The summed E-state index contributed by atoms with van der Waals surface area (Å²) in [7, 11) is 0. The van der Waals surface area contributed by atoms with Crippen molar-refractivity contribution in [3.05, 3.63) is 33.3 Å². The molecule has 1 amide bonds. The van der Waals surface area contributed by atoms with Crippen molar-refractivity contribution in [1.82, 2.24) is 4.90 Å². The van der Waals surface area contributed by atoms with Crippen LogP contribution in [-0.2, 0) is 4.74 Å². The first-order valence-electron chi connectivity index (χ1n) is 6.58. The van der Waals surface area contributed by atoms with E-state index in [1.807, 2.05) is 4.90 Å². The lowest BCUT2D eigenvalue weighted by Gasteiger charge is -2.32. The number of amides is 1. The first-order valence-corrected chi connectivity index (χ1v) is 7.75. The quantitative estimate of drug-likeness (QED) is 0.896. The second kappa shape index (κ2) is 7.41. The lowest BCUT2D eigenvalue weighted by molar-refractivity contribution is -0.00554. The number of nitrogens with zero attached hydrogens (tertiary/aromatic N) is 1. The summed E-state index contributed by atoms with van der Waals surface area (Å²) >= 11 is 9.33. The smallest absolute Gasteiger partial charge is 0.253 e. The molecule has 4 nitrogen and oxygen atoms in total. The molecule has 0 spiro atoms. The van der Waals surface area contributed by atoms with Gasteiger partial charge in [-0.25, -0.2) is 0 Å². The molecule has 1 fully saturated rings. The van der Waals surface area contributed by atoms with Crippen LogP contribution in [-0.4, -0.2) is 48.3 Å². The summed E-state index contributed by atoms with van der Waals surface area (Å²) in [5.41, 5.74) is 0.605. The third-order valence-corrected chi connectivity index (χ3v) is 4.57. The highest BCUT2D eigenvalue weighted by molar-refractivity contribution is 9.10. The third-order valence-electron chi connectivity index (χ3n) is 3.34. The maximum atomic E-state index is 12.4. The monoisotopic (exact) mass is 361 g/mol. The van der Waals surface area contributed by atoms with E-state index in [1.165, 1.54) is 0 Å². The number of benzene rings is 1. The van der Waals surface area contributed by atoms with Crippen LogP contribution in [0, 0.1) is 0 Å². The van der Waals surface area contributed by atoms with Crippen molar-refractivity contribution in [3.8, 4) is 0 Å². The minimum absolute atomic E-state index is 0.00000758. The predicted octanol–water partition coefficient (Wildman–Crippen LogP) is 2.72. The van der Waals surface area contributed by atoms with E-state index >= 15 is 0 Å². The van der Waals surface area contributed by atoms with Crippen LogP contribution >= 0.6 is 27.5 Å². The summed E-state index contributed by atoms with van der Waals surface area (Å²) in [5, 5.41) is 9.27. The predicted molar refractivity (Wildman–Crippen MR) is 81.1 cm³/mol. The second-order valence-electron chi connectivity index (χ2n) is 4.71. The van der Waals surface area contributed by atoms with Crippen LogP contribution in [0.2, 0.25) is 5.02 Å². The SMILES string of the molecule is O=C(c1ccc(Br)c(Cl)c1)N1CCC(OCCO)CC1. The summed E-state index contributed by atoms with van der Waals surface area (Å²) in [6, 6.07) is 5.24. The molecular weight excluding hydrogens is 346 g/mol. The fraction of sp³-hybridized carbons (Fsp3) is 0.500. The molecule has 0 bridgehead atoms. The average Bonchev–Trinajstić information content (AvgIpc) is 2.48. The number of rotatable bonds is 4. The van der Waals surface area contributed by atoms with Gasteiger partial charge in [0.25, 0.3) is 5.91 Å². The van der Waals surface area contributed by atoms with Gasteiger partial charge < -0.3 is 14.7 Å². The number of carbonyl (C=O) groups excluding carboxylic acids is 1. The van der Waals surface area contributed by atoms with Gasteiger partial charge in [0, 0.05) is 23.1 Å². The van der Waals surface area contributed by atoms with Crippen LogP contribution in [0.1, 0.15) is 23.2 Å². The second-order valence-corrected chi connectivity index (χ2v) is 5.98. The van der Waals surface area contributed by atoms with Gasteiger partial charge in [0.2, 0.25) is 0 Å². The number of aliphatic hydroxyl groups is 1. The fourth-order valence-corrected chi connectivity index (χ4v) is 2.68. The van der Waals surface area contributed by atoms with Crippen molar-refractivity contribution in [2.75, 3.05) is 26.3 Å². The van der Waals surface area contributed by atoms with E-state index in [0.29, 0.717) is 30.3 Å². The summed E-state index contributed by atoms with van der Waals surface area (Å²) in [5.74, 6) is 0.00000758. The van der Waals surface area contributed by atoms with Crippen molar-refractivity contribution in [1.29, 1.82) is 0 Å². The van der Waals surface area contributed by atoms with E-state index in [2.05, 4.69) is 15.9 Å². The van der Waals surface area contributed by atoms with Crippen LogP contribution in [0.25, 0.3) is 0 Å². The molecule has 0 saturated carbocycles. The molecular formula is C14H17BrClNO3. The van der Waals surface area contributed by atoms with E-state index < -0.39 is 0 Å². The lowest BCUT2D eigenvalue weighted by atomic mass is 10.1. The standard InChI is InChI=1S/C14H17BrClNO3/c15-12-2-1-10(9-13(12)16)14(19)17-5-3-11(4-6-17)20-8-7-18/h1-2,9,11,18H,3-8H2. The van der Waals surface area contributed by atoms with Crippen molar-refractivity contribution in [3.63, 3.8) is 0 Å². The Bertz CT molecular complexity index is 475. The number of aliphatic hydroxyl groups excluding tert-OH is 1. The third kappa shape index (κ3) is 3.95. The van der Waals surface area contributed by atoms with Crippen LogP contribution < -0.4 is 0 Å². The van der Waals surface area contributed by atoms with E-state index in [4.69, 9.17) is 21.4 Å². The first kappa shape index (κ1) is 15.8. The molecule has 6 heteroatoms. The topological polar surface area (TPSA) is 49.8 Å². The van der Waals surface area contributed by atoms with Gasteiger partial charge in [0.15, 0.2) is 0 Å². The van der Waals surface area contributed by atoms with Crippen molar-refractivity contribution >= 4 is 33.4 Å². The zero-order valence-electron chi connectivity index (χ0n) is 11.0. The highest BCUT2D eigenvalue weighted by Gasteiger charge is 2.24. The number of carbonyl (C=O) groups is 1. The Morgan fingerprint density at radius 2 is 2.15 bits per heavy atom. The highest BCUT2D eigenvalue weighted by Crippen LogP contribution is 2.24. The van der Waals surface area contributed by atoms with Crippen molar-refractivity contribution in [2.24, 2.45) is 0 Å². The molecule has 20 heavy (non-hydrogen) atoms. The van der Waals surface area contributed by atoms with Gasteiger partial charge in [-0.2, -0.15) is 0 Å². The van der Waals surface area contributed by atoms with E-state index in [0.717, 1.165) is 17.3 Å². The molecule has 1 aliphatic heterocycles. The normalized spacial score (nSPS) is 16.4. The number of ether oxygens (including phenoxy) is 1. The maximum absolute atomic E-state index is 12.4. The van der Waals surface area contributed by atoms with Crippen molar-refractivity contribution < 1.29 is 14.6 Å². The Kier molecular flexibility index (Phi) is 5.84. The van der Waals surface area contributed by atoms with E-state index in [-0.39, 0.29) is 18.6 Å². The van der Waals surface area contributed by atoms with Crippen LogP contribution in [0.3, 0.4) is 0 Å². The van der Waals surface area contributed by atoms with Crippen molar-refractivity contribution in [2.45, 2.75) is 18.9 Å². The van der Waals surface area contributed by atoms with Gasteiger partial charge >= 0.3 is 0 Å². The number of halogens is 2. The van der Waals surface area contributed by atoms with Crippen LogP contribution in [0.5, 0.6) is 0 Å². The fourth-order valence-electron chi connectivity index (χ4n) is 2.26. The number of hydrogen-bond donors (Lipinski definition) is 1. The van der Waals surface area contributed by atoms with Gasteiger partial charge in [-0.1, -0.05) is 11.6 Å². The first-order chi connectivity index (χ1) is 9.61. The minimum atomic E-state index is 0.00000758. The molecule has 0 aromatic heterocycles. The Labute approximate surface area is 131 Å². The van der Waals surface area contributed by atoms with E-state index in [9.17, 15) is 4.79 Å². The van der Waals surface area contributed by atoms with Crippen LogP contribution in [0.4, 0.5) is 0 Å². The Balaban J connectivity index is 1.92. The molecule has 0 aliphatic carbocycles. The number of piperidine rings is 1. The zero-order chi connectivity index (χ0) is 14.5. The van der Waals surface area contributed by atoms with Crippen LogP contribution in [0.15, 0.2) is 22.7 Å². The van der Waals surface area contributed by atoms with Gasteiger partial charge in [-0.15, -0.1) is 0 Å². The molecule has 0 radical (unpaired) electrons. The van der Waals surface area contributed by atoms with Gasteiger partial charge in [0.05, 0.1) is 24.3 Å². The average molecular weight is 363 g/mol. The highest BCUT2D eigenvalue weighted by atomic mass is 79.9. The summed E-state index contributed by atoms with van der Waals surface area (Å²) in [6.45, 7) is 1.74. The van der Waals surface area contributed by atoms with Gasteiger partial charge in [-0.3, -0.25) is 4.79 Å². The van der Waals surface area contributed by atoms with Gasteiger partial charge in [0.1, 0.15) is 0 Å². The summed E-state index contributed by atoms with van der Waals surface area (Å²) in [4.78, 5) is 14.2. The minimum Gasteiger partial charge on any atom is -0.394 e. The number of hydrogen-bond acceptors (Lipinski definition) is 3. The van der Waals surface area contributed by atoms with Gasteiger partial charge in [-0.05, 0) is 47.0 Å². The molecule has 1 aromatic rings. The molecule has 1 aliphatic rings. The molecule has 2 rings (SSSR count). The Morgan fingerprint density at radius 1 is 1.45 bits per heavy atom. The molecule has 1 N–H and O–H groups in total. The summed E-state index contributed by atoms with van der Waals surface area (Å²) < 4.78 is 6.27. The molecule has 1 aromatic carbocycles. The molecule has 1 heterocycles. The van der Waals surface area contributed by atoms with E-state index in [1.54, 1.807) is 18.2 Å². The largest absolute Gasteiger partial charge is 0.394 e. The summed E-state index contributed by atoms with van der Waals surface area (Å²) in [6.07, 6.45) is 1.74. The number of likely N-dealkylation sites (tertiary alicyclic amines) is 1. The maximum Gasteiger partial charge on any atom is 0.253 e. The molecule has 0 unspecified atom stereocenters. The lowest BCUT2D eigenvalue weighted by Crippen LogP contribution is -2.41. The molecule has 0 atom stereocenters. The Morgan fingerprint density at radius 3 is 2.75 bits per heavy atom.